The Morgan fingerprint density at radius 2 is 2.20 bits per heavy atom. The van der Waals surface area contributed by atoms with Crippen LogP contribution in [0.3, 0.4) is 0 Å². The van der Waals surface area contributed by atoms with Crippen molar-refractivity contribution >= 4 is 24.0 Å². The topological polar surface area (TPSA) is 44.5 Å². The molecule has 0 saturated heterocycles. The molecule has 0 fully saturated rings. The molecule has 0 radical (unpaired) electrons. The molecule has 3 nitrogen and oxygen atoms in total. The fourth-order valence-electron chi connectivity index (χ4n) is 1.84. The number of aromatic amines is 2. The number of nitrogens with zero attached hydrogens (tertiary/aromatic N) is 1. The van der Waals surface area contributed by atoms with Crippen LogP contribution in [-0.4, -0.2) is 20.9 Å². The average molecular weight is 235 g/mol. The number of benzene rings is 1. The van der Waals surface area contributed by atoms with Crippen LogP contribution < -0.4 is 0 Å². The summed E-state index contributed by atoms with van der Waals surface area (Å²) in [7, 11) is 0. The van der Waals surface area contributed by atoms with Crippen LogP contribution in [0.15, 0.2) is 29.2 Å². The summed E-state index contributed by atoms with van der Waals surface area (Å²) >= 11 is 6.83. The molecule has 1 atom stereocenters. The molecule has 3 rings (SSSR count). The van der Waals surface area contributed by atoms with E-state index in [9.17, 15) is 0 Å². The molecule has 15 heavy (non-hydrogen) atoms. The van der Waals surface area contributed by atoms with E-state index in [2.05, 4.69) is 39.4 Å². The Morgan fingerprint density at radius 3 is 3.00 bits per heavy atom. The molecule has 0 aliphatic carbocycles. The van der Waals surface area contributed by atoms with Gasteiger partial charge in [0.2, 0.25) is 4.77 Å². The van der Waals surface area contributed by atoms with E-state index in [1.54, 1.807) is 0 Å². The van der Waals surface area contributed by atoms with Gasteiger partial charge < -0.3 is 0 Å². The highest BCUT2D eigenvalue weighted by Gasteiger charge is 2.26. The van der Waals surface area contributed by atoms with Crippen molar-refractivity contribution in [1.29, 1.82) is 0 Å². The summed E-state index contributed by atoms with van der Waals surface area (Å²) in [6.07, 6.45) is 0. The van der Waals surface area contributed by atoms with Crippen LogP contribution in [0.25, 0.3) is 0 Å². The van der Waals surface area contributed by atoms with Crippen molar-refractivity contribution in [1.82, 2.24) is 15.2 Å². The number of thioether (sulfide) groups is 1. The third-order valence-electron chi connectivity index (χ3n) is 2.55. The number of hydrogen-bond donors (Lipinski definition) is 2. The van der Waals surface area contributed by atoms with E-state index in [1.165, 1.54) is 10.5 Å². The molecular weight excluding hydrogens is 226 g/mol. The lowest BCUT2D eigenvalue weighted by Crippen LogP contribution is -2.01. The number of aromatic nitrogens is 3. The zero-order chi connectivity index (χ0) is 10.3. The van der Waals surface area contributed by atoms with Crippen molar-refractivity contribution in [3.63, 3.8) is 0 Å². The van der Waals surface area contributed by atoms with Crippen molar-refractivity contribution in [3.05, 3.63) is 40.4 Å². The van der Waals surface area contributed by atoms with Crippen LogP contribution >= 0.6 is 24.0 Å². The number of rotatable bonds is 1. The van der Waals surface area contributed by atoms with E-state index in [4.69, 9.17) is 12.2 Å². The summed E-state index contributed by atoms with van der Waals surface area (Å²) in [5.74, 6) is 2.33. The first-order chi connectivity index (χ1) is 7.34. The average Bonchev–Trinajstić information content (AvgIpc) is 2.83. The van der Waals surface area contributed by atoms with Gasteiger partial charge in [-0.1, -0.05) is 18.2 Å². The monoisotopic (exact) mass is 235 g/mol. The lowest BCUT2D eigenvalue weighted by Gasteiger charge is -2.05. The van der Waals surface area contributed by atoms with Crippen molar-refractivity contribution in [2.75, 3.05) is 5.75 Å². The summed E-state index contributed by atoms with van der Waals surface area (Å²) in [6, 6.07) is 8.45. The Balaban J connectivity index is 2.07. The fourth-order valence-corrected chi connectivity index (χ4v) is 3.22. The highest BCUT2D eigenvalue weighted by Crippen LogP contribution is 2.41. The fraction of sp³-hybridized carbons (Fsp3) is 0.200. The number of hydrogen-bond acceptors (Lipinski definition) is 3. The Morgan fingerprint density at radius 1 is 1.33 bits per heavy atom. The van der Waals surface area contributed by atoms with Gasteiger partial charge in [-0.3, -0.25) is 10.2 Å². The van der Waals surface area contributed by atoms with Crippen LogP contribution in [0.4, 0.5) is 0 Å². The van der Waals surface area contributed by atoms with Gasteiger partial charge >= 0.3 is 0 Å². The molecule has 1 aliphatic heterocycles. The molecule has 1 aromatic heterocycles. The maximum absolute atomic E-state index is 4.96. The van der Waals surface area contributed by atoms with E-state index in [-0.39, 0.29) is 0 Å². The molecule has 0 bridgehead atoms. The second-order valence-corrected chi connectivity index (χ2v) is 4.90. The van der Waals surface area contributed by atoms with Crippen molar-refractivity contribution in [2.24, 2.45) is 0 Å². The Kier molecular flexibility index (Phi) is 2.14. The molecule has 1 aliphatic rings. The predicted molar refractivity (Wildman–Crippen MR) is 62.8 cm³/mol. The summed E-state index contributed by atoms with van der Waals surface area (Å²) < 4.78 is 0.527. The van der Waals surface area contributed by atoms with E-state index < -0.39 is 0 Å². The minimum atomic E-state index is 0.346. The SMILES string of the molecule is S=c1nc(C2CSc3ccccc32)[nH][nH]1. The lowest BCUT2D eigenvalue weighted by molar-refractivity contribution is 0.834. The zero-order valence-electron chi connectivity index (χ0n) is 7.86. The minimum Gasteiger partial charge on any atom is -0.285 e. The van der Waals surface area contributed by atoms with Crippen LogP contribution in [0.5, 0.6) is 0 Å². The van der Waals surface area contributed by atoms with Gasteiger partial charge in [0.25, 0.3) is 0 Å². The Hall–Kier alpha value is -1.07. The third kappa shape index (κ3) is 1.52. The maximum Gasteiger partial charge on any atom is 0.213 e. The van der Waals surface area contributed by atoms with Gasteiger partial charge in [0, 0.05) is 10.6 Å². The molecule has 2 heterocycles. The van der Waals surface area contributed by atoms with E-state index in [0.717, 1.165) is 11.6 Å². The molecular formula is C10H9N3S2. The van der Waals surface area contributed by atoms with Gasteiger partial charge in [-0.15, -0.1) is 11.8 Å². The van der Waals surface area contributed by atoms with Crippen LogP contribution in [0.2, 0.25) is 0 Å². The highest BCUT2D eigenvalue weighted by molar-refractivity contribution is 7.99. The number of nitrogens with one attached hydrogen (secondary N) is 2. The molecule has 1 unspecified atom stereocenters. The van der Waals surface area contributed by atoms with Crippen molar-refractivity contribution < 1.29 is 0 Å². The van der Waals surface area contributed by atoms with Gasteiger partial charge in [-0.2, -0.15) is 0 Å². The van der Waals surface area contributed by atoms with E-state index >= 15 is 0 Å². The molecule has 5 heteroatoms. The van der Waals surface area contributed by atoms with Gasteiger partial charge in [-0.25, -0.2) is 4.98 Å². The quantitative estimate of drug-likeness (QED) is 0.747. The first kappa shape index (κ1) is 9.18. The maximum atomic E-state index is 4.96. The zero-order valence-corrected chi connectivity index (χ0v) is 9.49. The Labute approximate surface area is 96.3 Å². The summed E-state index contributed by atoms with van der Waals surface area (Å²) in [4.78, 5) is 5.63. The normalized spacial score (nSPS) is 19.1. The summed E-state index contributed by atoms with van der Waals surface area (Å²) in [5.41, 5.74) is 1.35. The van der Waals surface area contributed by atoms with Crippen molar-refractivity contribution in [2.45, 2.75) is 10.8 Å². The van der Waals surface area contributed by atoms with E-state index in [0.29, 0.717) is 10.7 Å². The minimum absolute atomic E-state index is 0.346. The standard InChI is InChI=1S/C10H9N3S2/c14-10-11-9(12-13-10)7-5-15-8-4-2-1-3-6(7)8/h1-4,7H,5H2,(H2,11,12,13,14). The summed E-state index contributed by atoms with van der Waals surface area (Å²) in [6.45, 7) is 0. The second-order valence-electron chi connectivity index (χ2n) is 3.45. The first-order valence-corrected chi connectivity index (χ1v) is 6.10. The van der Waals surface area contributed by atoms with E-state index in [1.807, 2.05) is 11.8 Å². The van der Waals surface area contributed by atoms with Crippen molar-refractivity contribution in [3.8, 4) is 0 Å². The highest BCUT2D eigenvalue weighted by atomic mass is 32.2. The summed E-state index contributed by atoms with van der Waals surface area (Å²) in [5, 5.41) is 5.88. The number of fused-ring (bicyclic) bond motifs is 1. The number of H-pyrrole nitrogens is 2. The Bertz CT molecular complexity index is 543. The molecule has 1 aromatic carbocycles. The van der Waals surface area contributed by atoms with Crippen LogP contribution in [0.1, 0.15) is 17.3 Å². The lowest BCUT2D eigenvalue weighted by atomic mass is 10.0. The first-order valence-electron chi connectivity index (χ1n) is 4.71. The smallest absolute Gasteiger partial charge is 0.213 e. The third-order valence-corrected chi connectivity index (χ3v) is 3.93. The van der Waals surface area contributed by atoms with Gasteiger partial charge in [0.05, 0.1) is 5.92 Å². The van der Waals surface area contributed by atoms with Crippen LogP contribution in [-0.2, 0) is 0 Å². The molecule has 0 amide bonds. The molecule has 2 aromatic rings. The largest absolute Gasteiger partial charge is 0.285 e. The second kappa shape index (κ2) is 3.50. The molecule has 0 saturated carbocycles. The molecule has 2 N–H and O–H groups in total. The predicted octanol–water partition coefficient (Wildman–Crippen LogP) is 2.70. The molecule has 76 valence electrons. The van der Waals surface area contributed by atoms with Gasteiger partial charge in [0.15, 0.2) is 0 Å². The molecule has 0 spiro atoms. The van der Waals surface area contributed by atoms with Gasteiger partial charge in [0.1, 0.15) is 5.82 Å². The van der Waals surface area contributed by atoms with Gasteiger partial charge in [-0.05, 0) is 23.8 Å². The van der Waals surface area contributed by atoms with Crippen LogP contribution in [0, 0.1) is 4.77 Å².